The van der Waals surface area contributed by atoms with E-state index < -0.39 is 5.97 Å². The van der Waals surface area contributed by atoms with E-state index in [-0.39, 0.29) is 11.5 Å². The van der Waals surface area contributed by atoms with E-state index in [9.17, 15) is 14.7 Å². The van der Waals surface area contributed by atoms with E-state index in [0.29, 0.717) is 23.3 Å². The second kappa shape index (κ2) is 6.20. The molecular formula is C19H18N2O3. The molecule has 0 spiro atoms. The number of aromatic carboxylic acids is 1. The van der Waals surface area contributed by atoms with Crippen molar-refractivity contribution in [1.29, 1.82) is 0 Å². The minimum atomic E-state index is -0.968. The fourth-order valence-electron chi connectivity index (χ4n) is 3.00. The standard InChI is InChI=1S/C19H18N2O3/c1-12-18(19(23)24)16-10-15(20-13(2)22)8-9-17(16)21(12)11-14-6-4-3-5-7-14/h3-10H,11H2,1-2H3,(H,20,22)(H,23,24). The number of rotatable bonds is 4. The van der Waals surface area contributed by atoms with E-state index >= 15 is 0 Å². The summed E-state index contributed by atoms with van der Waals surface area (Å²) in [5, 5.41) is 12.9. The van der Waals surface area contributed by atoms with Gasteiger partial charge in [-0.25, -0.2) is 4.79 Å². The first-order chi connectivity index (χ1) is 11.5. The Hall–Kier alpha value is -3.08. The quantitative estimate of drug-likeness (QED) is 0.770. The summed E-state index contributed by atoms with van der Waals surface area (Å²) in [7, 11) is 0. The Bertz CT molecular complexity index is 927. The van der Waals surface area contributed by atoms with Gasteiger partial charge in [0.25, 0.3) is 0 Å². The Kier molecular flexibility index (Phi) is 4.08. The number of aromatic nitrogens is 1. The Morgan fingerprint density at radius 1 is 1.12 bits per heavy atom. The first kappa shape index (κ1) is 15.8. The highest BCUT2D eigenvalue weighted by atomic mass is 16.4. The fraction of sp³-hybridized carbons (Fsp3) is 0.158. The van der Waals surface area contributed by atoms with Crippen LogP contribution in [0.4, 0.5) is 5.69 Å². The van der Waals surface area contributed by atoms with Crippen molar-refractivity contribution in [3.8, 4) is 0 Å². The summed E-state index contributed by atoms with van der Waals surface area (Å²) in [5.41, 5.74) is 3.49. The van der Waals surface area contributed by atoms with Crippen LogP contribution in [0.2, 0.25) is 0 Å². The van der Waals surface area contributed by atoms with Crippen molar-refractivity contribution < 1.29 is 14.7 Å². The van der Waals surface area contributed by atoms with Gasteiger partial charge < -0.3 is 15.0 Å². The number of carboxylic acid groups (broad SMARTS) is 1. The third kappa shape index (κ3) is 2.88. The molecule has 0 atom stereocenters. The van der Waals surface area contributed by atoms with E-state index in [1.54, 1.807) is 12.1 Å². The minimum Gasteiger partial charge on any atom is -0.478 e. The number of carbonyl (C=O) groups excluding carboxylic acids is 1. The topological polar surface area (TPSA) is 71.3 Å². The predicted molar refractivity (Wildman–Crippen MR) is 93.5 cm³/mol. The number of fused-ring (bicyclic) bond motifs is 1. The summed E-state index contributed by atoms with van der Waals surface area (Å²) in [6, 6.07) is 15.3. The lowest BCUT2D eigenvalue weighted by molar-refractivity contribution is -0.114. The van der Waals surface area contributed by atoms with Crippen molar-refractivity contribution >= 4 is 28.5 Å². The van der Waals surface area contributed by atoms with Crippen LogP contribution in [0, 0.1) is 6.92 Å². The smallest absolute Gasteiger partial charge is 0.338 e. The zero-order valence-corrected chi connectivity index (χ0v) is 13.5. The number of nitrogens with zero attached hydrogens (tertiary/aromatic N) is 1. The van der Waals surface area contributed by atoms with Crippen LogP contribution in [-0.2, 0) is 11.3 Å². The fourth-order valence-corrected chi connectivity index (χ4v) is 3.00. The van der Waals surface area contributed by atoms with Crippen LogP contribution in [0.1, 0.15) is 28.5 Å². The molecule has 0 aliphatic rings. The third-order valence-electron chi connectivity index (χ3n) is 4.04. The maximum Gasteiger partial charge on any atom is 0.338 e. The van der Waals surface area contributed by atoms with Crippen LogP contribution in [0.15, 0.2) is 48.5 Å². The third-order valence-corrected chi connectivity index (χ3v) is 4.04. The second-order valence-corrected chi connectivity index (χ2v) is 5.75. The van der Waals surface area contributed by atoms with E-state index in [2.05, 4.69) is 5.32 Å². The summed E-state index contributed by atoms with van der Waals surface area (Å²) < 4.78 is 1.99. The van der Waals surface area contributed by atoms with E-state index in [1.807, 2.05) is 47.9 Å². The molecule has 0 fully saturated rings. The van der Waals surface area contributed by atoms with Gasteiger partial charge in [0.1, 0.15) is 0 Å². The average Bonchev–Trinajstić information content (AvgIpc) is 2.79. The van der Waals surface area contributed by atoms with Gasteiger partial charge in [-0.15, -0.1) is 0 Å². The molecule has 1 amide bonds. The van der Waals surface area contributed by atoms with E-state index in [1.165, 1.54) is 6.92 Å². The van der Waals surface area contributed by atoms with Gasteiger partial charge in [-0.2, -0.15) is 0 Å². The van der Waals surface area contributed by atoms with Crippen LogP contribution in [0.25, 0.3) is 10.9 Å². The number of benzene rings is 2. The summed E-state index contributed by atoms with van der Waals surface area (Å²) in [6.07, 6.45) is 0. The molecule has 3 aromatic rings. The first-order valence-electron chi connectivity index (χ1n) is 7.65. The van der Waals surface area contributed by atoms with Gasteiger partial charge >= 0.3 is 5.97 Å². The van der Waals surface area contributed by atoms with Gasteiger partial charge in [-0.05, 0) is 30.7 Å². The molecule has 122 valence electrons. The number of amides is 1. The predicted octanol–water partition coefficient (Wildman–Crippen LogP) is 3.65. The minimum absolute atomic E-state index is 0.188. The molecule has 0 saturated carbocycles. The molecule has 2 N–H and O–H groups in total. The summed E-state index contributed by atoms with van der Waals surface area (Å²) >= 11 is 0. The molecular weight excluding hydrogens is 304 g/mol. The number of hydrogen-bond acceptors (Lipinski definition) is 2. The zero-order valence-electron chi connectivity index (χ0n) is 13.5. The number of carboxylic acids is 1. The monoisotopic (exact) mass is 322 g/mol. The number of anilines is 1. The molecule has 24 heavy (non-hydrogen) atoms. The maximum absolute atomic E-state index is 11.7. The van der Waals surface area contributed by atoms with Crippen LogP contribution in [0.5, 0.6) is 0 Å². The lowest BCUT2D eigenvalue weighted by Crippen LogP contribution is -2.05. The van der Waals surface area contributed by atoms with Gasteiger partial charge in [0.2, 0.25) is 5.91 Å². The number of nitrogens with one attached hydrogen (secondary N) is 1. The zero-order chi connectivity index (χ0) is 17.3. The molecule has 3 rings (SSSR count). The highest BCUT2D eigenvalue weighted by Gasteiger charge is 2.20. The van der Waals surface area contributed by atoms with Crippen LogP contribution in [-0.4, -0.2) is 21.6 Å². The molecule has 0 bridgehead atoms. The Morgan fingerprint density at radius 2 is 1.83 bits per heavy atom. The van der Waals surface area contributed by atoms with Crippen LogP contribution >= 0.6 is 0 Å². The highest BCUT2D eigenvalue weighted by molar-refractivity contribution is 6.06. The van der Waals surface area contributed by atoms with Crippen molar-refractivity contribution in [2.24, 2.45) is 0 Å². The van der Waals surface area contributed by atoms with Crippen molar-refractivity contribution in [1.82, 2.24) is 4.57 Å². The van der Waals surface area contributed by atoms with Gasteiger partial charge in [-0.1, -0.05) is 30.3 Å². The lowest BCUT2D eigenvalue weighted by atomic mass is 10.1. The Morgan fingerprint density at radius 3 is 2.46 bits per heavy atom. The Labute approximate surface area is 139 Å². The first-order valence-corrected chi connectivity index (χ1v) is 7.65. The summed E-state index contributed by atoms with van der Waals surface area (Å²) in [5.74, 6) is -1.16. The molecule has 1 heterocycles. The molecule has 2 aromatic carbocycles. The van der Waals surface area contributed by atoms with E-state index in [4.69, 9.17) is 0 Å². The normalized spacial score (nSPS) is 10.8. The molecule has 0 radical (unpaired) electrons. The molecule has 0 saturated heterocycles. The van der Waals surface area contributed by atoms with Gasteiger partial charge in [0.05, 0.1) is 5.56 Å². The summed E-state index contributed by atoms with van der Waals surface area (Å²) in [4.78, 5) is 23.0. The highest BCUT2D eigenvalue weighted by Crippen LogP contribution is 2.29. The van der Waals surface area contributed by atoms with Crippen molar-refractivity contribution in [3.05, 3.63) is 65.4 Å². The summed E-state index contributed by atoms with van der Waals surface area (Å²) in [6.45, 7) is 3.83. The lowest BCUT2D eigenvalue weighted by Gasteiger charge is -2.09. The average molecular weight is 322 g/mol. The molecule has 1 aromatic heterocycles. The van der Waals surface area contributed by atoms with Crippen molar-refractivity contribution in [2.45, 2.75) is 20.4 Å². The molecule has 0 unspecified atom stereocenters. The number of hydrogen-bond donors (Lipinski definition) is 2. The molecule has 5 heteroatoms. The van der Waals surface area contributed by atoms with Crippen molar-refractivity contribution in [2.75, 3.05) is 5.32 Å². The Balaban J connectivity index is 2.17. The van der Waals surface area contributed by atoms with Crippen LogP contribution < -0.4 is 5.32 Å². The van der Waals surface area contributed by atoms with Gasteiger partial charge in [0, 0.05) is 35.8 Å². The van der Waals surface area contributed by atoms with Crippen molar-refractivity contribution in [3.63, 3.8) is 0 Å². The molecule has 0 aliphatic carbocycles. The number of carbonyl (C=O) groups is 2. The van der Waals surface area contributed by atoms with Gasteiger partial charge in [0.15, 0.2) is 0 Å². The van der Waals surface area contributed by atoms with E-state index in [0.717, 1.165) is 11.1 Å². The largest absolute Gasteiger partial charge is 0.478 e. The molecule has 5 nitrogen and oxygen atoms in total. The van der Waals surface area contributed by atoms with Gasteiger partial charge in [-0.3, -0.25) is 4.79 Å². The molecule has 0 aliphatic heterocycles. The SMILES string of the molecule is CC(=O)Nc1ccc2c(c1)c(C(=O)O)c(C)n2Cc1ccccc1. The maximum atomic E-state index is 11.7. The second-order valence-electron chi connectivity index (χ2n) is 5.75. The van der Waals surface area contributed by atoms with Crippen LogP contribution in [0.3, 0.4) is 0 Å².